The first kappa shape index (κ1) is 20.2. The SMILES string of the molecule is COC(=O)[C@H]1c2ccccc2C(=O)N2c3ccccc3C3(CCN(S(C)(=O)=O)CC3)[C@H]12. The Morgan fingerprint density at radius 1 is 1.06 bits per heavy atom. The number of hydrogen-bond acceptors (Lipinski definition) is 5. The first-order valence-electron chi connectivity index (χ1n) is 10.3. The molecule has 1 saturated heterocycles. The number of fused-ring (bicyclic) bond motifs is 6. The number of piperidine rings is 1. The minimum Gasteiger partial charge on any atom is -0.468 e. The number of carbonyl (C=O) groups excluding carboxylic acids is 2. The van der Waals surface area contributed by atoms with Crippen LogP contribution in [0.25, 0.3) is 0 Å². The molecule has 1 amide bonds. The van der Waals surface area contributed by atoms with Gasteiger partial charge in [0.15, 0.2) is 0 Å². The molecule has 0 bridgehead atoms. The topological polar surface area (TPSA) is 84.0 Å². The Bertz CT molecular complexity index is 1180. The van der Waals surface area contributed by atoms with Gasteiger partial charge >= 0.3 is 5.97 Å². The maximum absolute atomic E-state index is 13.6. The fraction of sp³-hybridized carbons (Fsp3) is 0.391. The molecular weight excluding hydrogens is 416 g/mol. The normalized spacial score (nSPS) is 24.5. The van der Waals surface area contributed by atoms with Gasteiger partial charge in [-0.05, 0) is 36.1 Å². The maximum atomic E-state index is 13.6. The number of sulfonamides is 1. The van der Waals surface area contributed by atoms with E-state index in [9.17, 15) is 18.0 Å². The van der Waals surface area contributed by atoms with Crippen LogP contribution in [-0.2, 0) is 25.0 Å². The van der Waals surface area contributed by atoms with Crippen molar-refractivity contribution in [2.24, 2.45) is 0 Å². The van der Waals surface area contributed by atoms with E-state index in [0.717, 1.165) is 11.3 Å². The fourth-order valence-electron chi connectivity index (χ4n) is 5.79. The Hall–Kier alpha value is -2.71. The average Bonchev–Trinajstić information content (AvgIpc) is 3.04. The summed E-state index contributed by atoms with van der Waals surface area (Å²) in [6.07, 6.45) is 2.28. The first-order chi connectivity index (χ1) is 14.8. The fourth-order valence-corrected chi connectivity index (χ4v) is 6.64. The van der Waals surface area contributed by atoms with Crippen LogP contribution in [0, 0.1) is 0 Å². The highest BCUT2D eigenvalue weighted by molar-refractivity contribution is 7.88. The molecule has 0 N–H and O–H groups in total. The zero-order valence-electron chi connectivity index (χ0n) is 17.4. The van der Waals surface area contributed by atoms with E-state index in [0.29, 0.717) is 37.1 Å². The zero-order valence-corrected chi connectivity index (χ0v) is 18.3. The molecule has 8 heteroatoms. The third-order valence-corrected chi connectivity index (χ3v) is 8.45. The number of rotatable bonds is 2. The van der Waals surface area contributed by atoms with Gasteiger partial charge in [-0.15, -0.1) is 0 Å². The molecular formula is C23H24N2O5S. The quantitative estimate of drug-likeness (QED) is 0.669. The summed E-state index contributed by atoms with van der Waals surface area (Å²) >= 11 is 0. The van der Waals surface area contributed by atoms with Crippen LogP contribution in [0.15, 0.2) is 48.5 Å². The first-order valence-corrected chi connectivity index (χ1v) is 12.2. The Labute approximate surface area is 181 Å². The van der Waals surface area contributed by atoms with Gasteiger partial charge in [-0.2, -0.15) is 0 Å². The predicted molar refractivity (Wildman–Crippen MR) is 116 cm³/mol. The summed E-state index contributed by atoms with van der Waals surface area (Å²) in [7, 11) is -1.94. The summed E-state index contributed by atoms with van der Waals surface area (Å²) in [6.45, 7) is 0.697. The molecule has 2 atom stereocenters. The summed E-state index contributed by atoms with van der Waals surface area (Å²) in [6, 6.07) is 14.5. The van der Waals surface area contributed by atoms with Gasteiger partial charge in [0.25, 0.3) is 5.91 Å². The summed E-state index contributed by atoms with van der Waals surface area (Å²) in [5.41, 5.74) is 2.46. The third kappa shape index (κ3) is 2.78. The van der Waals surface area contributed by atoms with E-state index < -0.39 is 27.4 Å². The number of carbonyl (C=O) groups is 2. The Balaban J connectivity index is 1.72. The maximum Gasteiger partial charge on any atom is 0.315 e. The standard InChI is InChI=1S/C23H24N2O5S/c1-30-22(27)19-15-7-3-4-8-16(15)21(26)25-18-10-6-5-9-17(18)23(20(19)25)11-13-24(14-12-23)31(2,28)29/h3-10,19-20H,11-14H2,1-2H3/t19-,20-/m0/s1. The van der Waals surface area contributed by atoms with Crippen LogP contribution in [-0.4, -0.2) is 57.1 Å². The van der Waals surface area contributed by atoms with E-state index in [1.165, 1.54) is 17.7 Å². The van der Waals surface area contributed by atoms with Gasteiger partial charge in [0, 0.05) is 29.8 Å². The summed E-state index contributed by atoms with van der Waals surface area (Å²) in [4.78, 5) is 28.5. The second-order valence-electron chi connectivity index (χ2n) is 8.54. The molecule has 0 radical (unpaired) electrons. The molecule has 0 unspecified atom stereocenters. The second-order valence-corrected chi connectivity index (χ2v) is 10.5. The third-order valence-electron chi connectivity index (χ3n) is 7.14. The van der Waals surface area contributed by atoms with E-state index >= 15 is 0 Å². The molecule has 0 aliphatic carbocycles. The number of amides is 1. The van der Waals surface area contributed by atoms with Crippen LogP contribution >= 0.6 is 0 Å². The number of ether oxygens (including phenoxy) is 1. The molecule has 1 spiro atoms. The van der Waals surface area contributed by atoms with Gasteiger partial charge in [-0.3, -0.25) is 9.59 Å². The van der Waals surface area contributed by atoms with Crippen LogP contribution in [0.2, 0.25) is 0 Å². The molecule has 0 aromatic heterocycles. The number of benzene rings is 2. The van der Waals surface area contributed by atoms with Crippen LogP contribution in [0.4, 0.5) is 5.69 Å². The van der Waals surface area contributed by atoms with Crippen molar-refractivity contribution in [2.45, 2.75) is 30.2 Å². The van der Waals surface area contributed by atoms with Gasteiger partial charge < -0.3 is 9.64 Å². The van der Waals surface area contributed by atoms with Gasteiger partial charge in [0.1, 0.15) is 5.92 Å². The van der Waals surface area contributed by atoms with Gasteiger partial charge in [0.05, 0.1) is 19.4 Å². The Morgan fingerprint density at radius 2 is 1.71 bits per heavy atom. The highest BCUT2D eigenvalue weighted by Crippen LogP contribution is 2.57. The van der Waals surface area contributed by atoms with Crippen molar-refractivity contribution in [3.63, 3.8) is 0 Å². The van der Waals surface area contributed by atoms with Crippen molar-refractivity contribution < 1.29 is 22.7 Å². The molecule has 2 aromatic carbocycles. The van der Waals surface area contributed by atoms with Gasteiger partial charge in [-0.1, -0.05) is 36.4 Å². The van der Waals surface area contributed by atoms with Crippen molar-refractivity contribution in [1.82, 2.24) is 4.31 Å². The van der Waals surface area contributed by atoms with Crippen LogP contribution in [0.5, 0.6) is 0 Å². The molecule has 3 heterocycles. The lowest BCUT2D eigenvalue weighted by molar-refractivity contribution is -0.143. The summed E-state index contributed by atoms with van der Waals surface area (Å²) in [5, 5.41) is 0. The molecule has 5 rings (SSSR count). The molecule has 3 aliphatic rings. The van der Waals surface area contributed by atoms with E-state index in [-0.39, 0.29) is 11.9 Å². The van der Waals surface area contributed by atoms with Gasteiger partial charge in [-0.25, -0.2) is 12.7 Å². The lowest BCUT2D eigenvalue weighted by atomic mass is 9.64. The van der Waals surface area contributed by atoms with E-state index in [2.05, 4.69) is 0 Å². The molecule has 162 valence electrons. The number of esters is 1. The number of para-hydroxylation sites is 1. The number of methoxy groups -OCH3 is 1. The number of hydrogen-bond donors (Lipinski definition) is 0. The lowest BCUT2D eigenvalue weighted by Gasteiger charge is -2.48. The molecule has 7 nitrogen and oxygen atoms in total. The van der Waals surface area contributed by atoms with Crippen molar-refractivity contribution in [3.8, 4) is 0 Å². The van der Waals surface area contributed by atoms with Crippen molar-refractivity contribution in [2.75, 3.05) is 31.4 Å². The zero-order chi connectivity index (χ0) is 22.0. The van der Waals surface area contributed by atoms with Crippen molar-refractivity contribution in [1.29, 1.82) is 0 Å². The van der Waals surface area contributed by atoms with Crippen LogP contribution in [0.1, 0.15) is 40.2 Å². The second kappa shape index (κ2) is 6.90. The molecule has 0 saturated carbocycles. The Morgan fingerprint density at radius 3 is 2.39 bits per heavy atom. The van der Waals surface area contributed by atoms with E-state index in [1.54, 1.807) is 17.0 Å². The van der Waals surface area contributed by atoms with E-state index in [1.807, 2.05) is 36.4 Å². The smallest absolute Gasteiger partial charge is 0.315 e. The summed E-state index contributed by atoms with van der Waals surface area (Å²) < 4.78 is 31.0. The van der Waals surface area contributed by atoms with Crippen molar-refractivity contribution >= 4 is 27.6 Å². The Kier molecular flexibility index (Phi) is 4.50. The van der Waals surface area contributed by atoms with Gasteiger partial charge in [0.2, 0.25) is 10.0 Å². The molecule has 2 aromatic rings. The highest BCUT2D eigenvalue weighted by atomic mass is 32.2. The predicted octanol–water partition coefficient (Wildman–Crippen LogP) is 2.28. The number of nitrogens with zero attached hydrogens (tertiary/aromatic N) is 2. The molecule has 31 heavy (non-hydrogen) atoms. The monoisotopic (exact) mass is 440 g/mol. The minimum absolute atomic E-state index is 0.129. The number of anilines is 1. The average molecular weight is 441 g/mol. The van der Waals surface area contributed by atoms with Crippen LogP contribution in [0.3, 0.4) is 0 Å². The molecule has 1 fully saturated rings. The largest absolute Gasteiger partial charge is 0.468 e. The minimum atomic E-state index is -3.31. The highest BCUT2D eigenvalue weighted by Gasteiger charge is 2.61. The van der Waals surface area contributed by atoms with Crippen LogP contribution < -0.4 is 4.90 Å². The lowest BCUT2D eigenvalue weighted by Crippen LogP contribution is -2.59. The molecule has 3 aliphatic heterocycles. The van der Waals surface area contributed by atoms with E-state index in [4.69, 9.17) is 4.74 Å². The van der Waals surface area contributed by atoms with Crippen molar-refractivity contribution in [3.05, 3.63) is 65.2 Å². The summed E-state index contributed by atoms with van der Waals surface area (Å²) in [5.74, 6) is -1.15.